The maximum absolute atomic E-state index is 12.0. The number of aliphatic carboxylic acids is 2. The Kier molecular flexibility index (Phi) is 12.2. The van der Waals surface area contributed by atoms with E-state index in [1.165, 1.54) is 25.9 Å². The molecular formula is C19H29F6N3O7. The molecular weight excluding hydrogens is 496 g/mol. The number of halogens is 6. The summed E-state index contributed by atoms with van der Waals surface area (Å²) in [6.45, 7) is 8.18. The molecule has 0 aliphatic carbocycles. The Hall–Kier alpha value is -2.17. The van der Waals surface area contributed by atoms with Crippen molar-refractivity contribution in [1.82, 2.24) is 14.7 Å². The normalized spacial score (nSPS) is 23.0. The van der Waals surface area contributed by atoms with Crippen molar-refractivity contribution >= 4 is 17.8 Å². The second-order valence-electron chi connectivity index (χ2n) is 7.90. The summed E-state index contributed by atoms with van der Waals surface area (Å²) in [5, 5.41) is 14.2. The number of ether oxygens (including phenoxy) is 2. The Morgan fingerprint density at radius 3 is 1.89 bits per heavy atom. The molecule has 3 aliphatic heterocycles. The number of fused-ring (bicyclic) bond motifs is 1. The van der Waals surface area contributed by atoms with Gasteiger partial charge in [-0.2, -0.15) is 26.3 Å². The number of nitrogens with zero attached hydrogens (tertiary/aromatic N) is 3. The number of methoxy groups -OCH3 is 1. The number of hydrogen-bond donors (Lipinski definition) is 2. The third kappa shape index (κ3) is 11.0. The van der Waals surface area contributed by atoms with E-state index < -0.39 is 24.3 Å². The van der Waals surface area contributed by atoms with Gasteiger partial charge in [-0.1, -0.05) is 0 Å². The van der Waals surface area contributed by atoms with Crippen molar-refractivity contribution in [2.24, 2.45) is 0 Å². The molecule has 35 heavy (non-hydrogen) atoms. The Balaban J connectivity index is 0.000000362. The van der Waals surface area contributed by atoms with Gasteiger partial charge in [0, 0.05) is 39.8 Å². The fourth-order valence-corrected chi connectivity index (χ4v) is 3.73. The van der Waals surface area contributed by atoms with E-state index in [9.17, 15) is 31.1 Å². The van der Waals surface area contributed by atoms with E-state index in [0.29, 0.717) is 12.6 Å². The molecule has 3 fully saturated rings. The van der Waals surface area contributed by atoms with Crippen LogP contribution in [0.15, 0.2) is 0 Å². The van der Waals surface area contributed by atoms with Gasteiger partial charge in [0.25, 0.3) is 0 Å². The smallest absolute Gasteiger partial charge is 0.475 e. The molecule has 3 saturated heterocycles. The standard InChI is InChI=1S/C15H27N3O3.2C2HF3O2/c1-20-12-15(19)18-10-13-14(11-18)21-9-8-17(13)7-6-16-4-2-3-5-16;2*3-2(4,5)1(6)7/h13-14H,2-12H2,1H3;2*(H,6,7)/t13-,14+;;/m1../s1. The van der Waals surface area contributed by atoms with E-state index >= 15 is 0 Å². The van der Waals surface area contributed by atoms with Gasteiger partial charge < -0.3 is 29.5 Å². The lowest BCUT2D eigenvalue weighted by atomic mass is 10.1. The first-order valence-electron chi connectivity index (χ1n) is 10.6. The topological polar surface area (TPSA) is 120 Å². The molecule has 2 N–H and O–H groups in total. The van der Waals surface area contributed by atoms with Crippen LogP contribution in [0.2, 0.25) is 0 Å². The fourth-order valence-electron chi connectivity index (χ4n) is 3.73. The molecule has 16 heteroatoms. The van der Waals surface area contributed by atoms with Gasteiger partial charge >= 0.3 is 24.3 Å². The number of likely N-dealkylation sites (tertiary alicyclic amines) is 2. The maximum Gasteiger partial charge on any atom is 0.490 e. The molecule has 3 heterocycles. The predicted octanol–water partition coefficient (Wildman–Crippen LogP) is 0.907. The number of carbonyl (C=O) groups excluding carboxylic acids is 1. The lowest BCUT2D eigenvalue weighted by Gasteiger charge is -2.37. The Bertz CT molecular complexity index is 677. The Morgan fingerprint density at radius 1 is 0.914 bits per heavy atom. The first-order valence-corrected chi connectivity index (χ1v) is 10.6. The van der Waals surface area contributed by atoms with Gasteiger partial charge in [-0.15, -0.1) is 0 Å². The molecule has 0 bridgehead atoms. The Morgan fingerprint density at radius 2 is 1.43 bits per heavy atom. The van der Waals surface area contributed by atoms with E-state index in [1.54, 1.807) is 7.11 Å². The summed E-state index contributed by atoms with van der Waals surface area (Å²) in [7, 11) is 1.57. The number of carbonyl (C=O) groups is 3. The van der Waals surface area contributed by atoms with Crippen LogP contribution in [0.4, 0.5) is 26.3 Å². The zero-order chi connectivity index (χ0) is 26.8. The summed E-state index contributed by atoms with van der Waals surface area (Å²) in [5.41, 5.74) is 0. The van der Waals surface area contributed by atoms with Crippen LogP contribution in [0, 0.1) is 0 Å². The zero-order valence-corrected chi connectivity index (χ0v) is 19.0. The molecule has 0 aromatic rings. The average Bonchev–Trinajstić information content (AvgIpc) is 3.42. The van der Waals surface area contributed by atoms with Crippen molar-refractivity contribution < 1.29 is 60.4 Å². The van der Waals surface area contributed by atoms with Gasteiger partial charge in [0.15, 0.2) is 0 Å². The van der Waals surface area contributed by atoms with Crippen molar-refractivity contribution in [1.29, 1.82) is 0 Å². The number of carboxylic acids is 2. The van der Waals surface area contributed by atoms with E-state index in [0.717, 1.165) is 32.8 Å². The van der Waals surface area contributed by atoms with Gasteiger partial charge in [-0.3, -0.25) is 9.69 Å². The zero-order valence-electron chi connectivity index (χ0n) is 19.0. The SMILES string of the molecule is COCC(=O)N1C[C@@H]2OCCN(CCN3CCCC3)[C@@H]2C1.O=C(O)C(F)(F)F.O=C(O)C(F)(F)F. The molecule has 1 amide bonds. The highest BCUT2D eigenvalue weighted by atomic mass is 19.4. The highest BCUT2D eigenvalue weighted by molar-refractivity contribution is 5.78. The van der Waals surface area contributed by atoms with E-state index in [1.807, 2.05) is 4.90 Å². The van der Waals surface area contributed by atoms with Crippen LogP contribution >= 0.6 is 0 Å². The molecule has 204 valence electrons. The number of morpholine rings is 1. The lowest BCUT2D eigenvalue weighted by Crippen LogP contribution is -2.52. The average molecular weight is 525 g/mol. The van der Waals surface area contributed by atoms with Crippen LogP contribution in [0.3, 0.4) is 0 Å². The Labute approximate surface area is 197 Å². The molecule has 0 aromatic heterocycles. The number of amides is 1. The lowest BCUT2D eigenvalue weighted by molar-refractivity contribution is -0.193. The number of hydrogen-bond acceptors (Lipinski definition) is 7. The summed E-state index contributed by atoms with van der Waals surface area (Å²) in [5.74, 6) is -5.44. The van der Waals surface area contributed by atoms with Gasteiger partial charge in [-0.05, 0) is 25.9 Å². The summed E-state index contributed by atoms with van der Waals surface area (Å²) >= 11 is 0. The number of carboxylic acid groups (broad SMARTS) is 2. The second-order valence-corrected chi connectivity index (χ2v) is 7.90. The summed E-state index contributed by atoms with van der Waals surface area (Å²) in [6.07, 6.45) is -7.30. The van der Waals surface area contributed by atoms with Crippen molar-refractivity contribution in [3.63, 3.8) is 0 Å². The molecule has 0 aromatic carbocycles. The molecule has 3 aliphatic rings. The summed E-state index contributed by atoms with van der Waals surface area (Å²) in [6, 6.07) is 0.363. The minimum atomic E-state index is -5.08. The first-order chi connectivity index (χ1) is 16.2. The van der Waals surface area contributed by atoms with E-state index in [2.05, 4.69) is 9.80 Å². The van der Waals surface area contributed by atoms with E-state index in [4.69, 9.17) is 29.3 Å². The molecule has 0 unspecified atom stereocenters. The quantitative estimate of drug-likeness (QED) is 0.505. The first kappa shape index (κ1) is 30.9. The van der Waals surface area contributed by atoms with Gasteiger partial charge in [0.2, 0.25) is 5.91 Å². The molecule has 10 nitrogen and oxygen atoms in total. The van der Waals surface area contributed by atoms with Crippen LogP contribution in [0.25, 0.3) is 0 Å². The van der Waals surface area contributed by atoms with Gasteiger partial charge in [0.05, 0.1) is 18.8 Å². The van der Waals surface area contributed by atoms with Crippen molar-refractivity contribution in [2.45, 2.75) is 37.3 Å². The largest absolute Gasteiger partial charge is 0.490 e. The molecule has 0 spiro atoms. The van der Waals surface area contributed by atoms with Crippen molar-refractivity contribution in [3.05, 3.63) is 0 Å². The van der Waals surface area contributed by atoms with E-state index in [-0.39, 0.29) is 18.6 Å². The van der Waals surface area contributed by atoms with Gasteiger partial charge in [-0.25, -0.2) is 9.59 Å². The third-order valence-electron chi connectivity index (χ3n) is 5.42. The minimum Gasteiger partial charge on any atom is -0.475 e. The maximum atomic E-state index is 12.0. The molecule has 0 saturated carbocycles. The van der Waals surface area contributed by atoms with Gasteiger partial charge in [0.1, 0.15) is 6.61 Å². The second kappa shape index (κ2) is 13.8. The van der Waals surface area contributed by atoms with Crippen LogP contribution in [-0.2, 0) is 23.9 Å². The molecule has 3 rings (SSSR count). The highest BCUT2D eigenvalue weighted by Gasteiger charge is 2.41. The van der Waals surface area contributed by atoms with Crippen LogP contribution in [0.5, 0.6) is 0 Å². The monoisotopic (exact) mass is 525 g/mol. The summed E-state index contributed by atoms with van der Waals surface area (Å²) in [4.78, 5) is 36.7. The van der Waals surface area contributed by atoms with Crippen LogP contribution in [0.1, 0.15) is 12.8 Å². The van der Waals surface area contributed by atoms with Crippen LogP contribution in [-0.4, -0.2) is 133 Å². The molecule has 2 atom stereocenters. The van der Waals surface area contributed by atoms with Crippen molar-refractivity contribution in [3.8, 4) is 0 Å². The number of rotatable bonds is 5. The fraction of sp³-hybridized carbons (Fsp3) is 0.842. The predicted molar refractivity (Wildman–Crippen MR) is 107 cm³/mol. The highest BCUT2D eigenvalue weighted by Crippen LogP contribution is 2.23. The third-order valence-corrected chi connectivity index (χ3v) is 5.42. The van der Waals surface area contributed by atoms with Crippen LogP contribution < -0.4 is 0 Å². The number of alkyl halides is 6. The molecule has 0 radical (unpaired) electrons. The summed E-state index contributed by atoms with van der Waals surface area (Å²) < 4.78 is 74.3. The van der Waals surface area contributed by atoms with Crippen molar-refractivity contribution in [2.75, 3.05) is 66.1 Å². The minimum absolute atomic E-state index is 0.0787.